The second kappa shape index (κ2) is 7.14. The molecule has 0 saturated heterocycles. The fraction of sp³-hybridized carbons (Fsp3) is 0.357. The lowest BCUT2D eigenvalue weighted by Crippen LogP contribution is -2.13. The molecule has 0 fully saturated rings. The molecule has 0 aliphatic heterocycles. The number of aromatic nitrogens is 1. The molecular weight excluding hydrogens is 290 g/mol. The molecule has 1 N–H and O–H groups in total. The van der Waals surface area contributed by atoms with Crippen LogP contribution in [0, 0.1) is 17.0 Å². The van der Waals surface area contributed by atoms with E-state index in [0.29, 0.717) is 18.9 Å². The van der Waals surface area contributed by atoms with Crippen molar-refractivity contribution in [3.8, 4) is 5.75 Å². The number of benzene rings is 1. The Morgan fingerprint density at radius 2 is 2.29 bits per heavy atom. The van der Waals surface area contributed by atoms with Crippen LogP contribution in [0.25, 0.3) is 0 Å². The van der Waals surface area contributed by atoms with Gasteiger partial charge >= 0.3 is 0 Å². The van der Waals surface area contributed by atoms with Crippen LogP contribution >= 0.6 is 11.3 Å². The number of hydrogen-bond acceptors (Lipinski definition) is 6. The van der Waals surface area contributed by atoms with Crippen molar-refractivity contribution in [3.63, 3.8) is 0 Å². The van der Waals surface area contributed by atoms with Crippen LogP contribution in [0.5, 0.6) is 5.75 Å². The lowest BCUT2D eigenvalue weighted by molar-refractivity contribution is -0.384. The SMILES string of the molecule is CCNCc1cc([N+](=O)[O-])ccc1OCc1nc(C)cs1. The molecule has 21 heavy (non-hydrogen) atoms. The van der Waals surface area contributed by atoms with Crippen LogP contribution in [-0.4, -0.2) is 16.5 Å². The highest BCUT2D eigenvalue weighted by Gasteiger charge is 2.12. The van der Waals surface area contributed by atoms with E-state index in [1.54, 1.807) is 23.5 Å². The van der Waals surface area contributed by atoms with Crippen molar-refractivity contribution in [1.29, 1.82) is 0 Å². The summed E-state index contributed by atoms with van der Waals surface area (Å²) in [6, 6.07) is 4.65. The molecule has 1 heterocycles. The van der Waals surface area contributed by atoms with E-state index in [4.69, 9.17) is 4.74 Å². The zero-order valence-electron chi connectivity index (χ0n) is 12.0. The summed E-state index contributed by atoms with van der Waals surface area (Å²) in [5.74, 6) is 0.648. The van der Waals surface area contributed by atoms with E-state index in [2.05, 4.69) is 10.3 Å². The van der Waals surface area contributed by atoms with E-state index >= 15 is 0 Å². The lowest BCUT2D eigenvalue weighted by Gasteiger charge is -2.10. The zero-order valence-corrected chi connectivity index (χ0v) is 12.8. The maximum atomic E-state index is 10.9. The van der Waals surface area contributed by atoms with Gasteiger partial charge in [0.15, 0.2) is 0 Å². The van der Waals surface area contributed by atoms with Crippen molar-refractivity contribution in [1.82, 2.24) is 10.3 Å². The number of ether oxygens (including phenoxy) is 1. The Balaban J connectivity index is 2.14. The molecule has 0 aliphatic rings. The van der Waals surface area contributed by atoms with Gasteiger partial charge in [-0.15, -0.1) is 11.3 Å². The first-order chi connectivity index (χ1) is 10.1. The summed E-state index contributed by atoms with van der Waals surface area (Å²) in [4.78, 5) is 14.8. The quantitative estimate of drug-likeness (QED) is 0.628. The number of hydrogen-bond donors (Lipinski definition) is 1. The Bertz CT molecular complexity index is 628. The average molecular weight is 307 g/mol. The van der Waals surface area contributed by atoms with E-state index in [9.17, 15) is 10.1 Å². The maximum Gasteiger partial charge on any atom is 0.270 e. The largest absolute Gasteiger partial charge is 0.486 e. The second-order valence-electron chi connectivity index (χ2n) is 4.50. The highest BCUT2D eigenvalue weighted by Crippen LogP contribution is 2.25. The van der Waals surface area contributed by atoms with Gasteiger partial charge < -0.3 is 10.1 Å². The number of aryl methyl sites for hydroxylation is 1. The van der Waals surface area contributed by atoms with Gasteiger partial charge in [-0.3, -0.25) is 10.1 Å². The van der Waals surface area contributed by atoms with E-state index in [1.165, 1.54) is 6.07 Å². The van der Waals surface area contributed by atoms with Gasteiger partial charge in [0.25, 0.3) is 5.69 Å². The van der Waals surface area contributed by atoms with Crippen LogP contribution in [-0.2, 0) is 13.2 Å². The molecule has 0 bridgehead atoms. The Kier molecular flexibility index (Phi) is 5.24. The topological polar surface area (TPSA) is 77.3 Å². The standard InChI is InChI=1S/C14H17N3O3S/c1-3-15-7-11-6-12(17(18)19)4-5-13(11)20-8-14-16-10(2)9-21-14/h4-6,9,15H,3,7-8H2,1-2H3. The van der Waals surface area contributed by atoms with Crippen molar-refractivity contribution in [2.24, 2.45) is 0 Å². The third-order valence-corrected chi connectivity index (χ3v) is 3.78. The van der Waals surface area contributed by atoms with Crippen LogP contribution in [0.15, 0.2) is 23.6 Å². The van der Waals surface area contributed by atoms with Crippen LogP contribution in [0.2, 0.25) is 0 Å². The smallest absolute Gasteiger partial charge is 0.270 e. The fourth-order valence-corrected chi connectivity index (χ4v) is 2.51. The third kappa shape index (κ3) is 4.24. The van der Waals surface area contributed by atoms with E-state index in [1.807, 2.05) is 19.2 Å². The number of nitrogens with one attached hydrogen (secondary N) is 1. The van der Waals surface area contributed by atoms with Gasteiger partial charge in [0.05, 0.1) is 4.92 Å². The zero-order chi connectivity index (χ0) is 15.2. The molecule has 0 unspecified atom stereocenters. The van der Waals surface area contributed by atoms with Crippen molar-refractivity contribution in [2.75, 3.05) is 6.54 Å². The molecule has 1 aromatic carbocycles. The summed E-state index contributed by atoms with van der Waals surface area (Å²) in [6.07, 6.45) is 0. The van der Waals surface area contributed by atoms with Gasteiger partial charge in [-0.05, 0) is 19.5 Å². The van der Waals surface area contributed by atoms with Crippen LogP contribution in [0.1, 0.15) is 23.2 Å². The molecule has 0 spiro atoms. The minimum atomic E-state index is -0.399. The van der Waals surface area contributed by atoms with Gasteiger partial charge in [0.1, 0.15) is 17.4 Å². The molecule has 0 saturated carbocycles. The molecule has 6 nitrogen and oxygen atoms in total. The molecule has 112 valence electrons. The number of thiazole rings is 1. The van der Waals surface area contributed by atoms with Crippen molar-refractivity contribution >= 4 is 17.0 Å². The first-order valence-corrected chi connectivity index (χ1v) is 7.50. The number of rotatable bonds is 7. The second-order valence-corrected chi connectivity index (χ2v) is 5.44. The summed E-state index contributed by atoms with van der Waals surface area (Å²) < 4.78 is 5.75. The normalized spacial score (nSPS) is 10.6. The van der Waals surface area contributed by atoms with Gasteiger partial charge in [0.2, 0.25) is 0 Å². The van der Waals surface area contributed by atoms with E-state index in [-0.39, 0.29) is 5.69 Å². The Morgan fingerprint density at radius 1 is 1.48 bits per heavy atom. The first kappa shape index (κ1) is 15.4. The van der Waals surface area contributed by atoms with E-state index < -0.39 is 4.92 Å². The van der Waals surface area contributed by atoms with Gasteiger partial charge in [-0.2, -0.15) is 0 Å². The average Bonchev–Trinajstić information content (AvgIpc) is 2.88. The molecule has 2 aromatic rings. The van der Waals surface area contributed by atoms with Crippen LogP contribution < -0.4 is 10.1 Å². The minimum Gasteiger partial charge on any atom is -0.486 e. The predicted molar refractivity (Wildman–Crippen MR) is 81.7 cm³/mol. The number of nitro benzene ring substituents is 1. The third-order valence-electron chi connectivity index (χ3n) is 2.84. The number of nitrogens with zero attached hydrogens (tertiary/aromatic N) is 2. The summed E-state index contributed by atoms with van der Waals surface area (Å²) in [5.41, 5.74) is 1.81. The molecular formula is C14H17N3O3S. The molecule has 1 aromatic heterocycles. The Labute approximate surface area is 126 Å². The Morgan fingerprint density at radius 3 is 2.90 bits per heavy atom. The van der Waals surface area contributed by atoms with Crippen molar-refractivity contribution < 1.29 is 9.66 Å². The van der Waals surface area contributed by atoms with Gasteiger partial charge in [-0.25, -0.2) is 4.98 Å². The van der Waals surface area contributed by atoms with Crippen molar-refractivity contribution in [2.45, 2.75) is 27.0 Å². The number of nitro groups is 1. The minimum absolute atomic E-state index is 0.0698. The summed E-state index contributed by atoms with van der Waals surface area (Å²) in [6.45, 7) is 5.60. The summed E-state index contributed by atoms with van der Waals surface area (Å²) >= 11 is 1.54. The lowest BCUT2D eigenvalue weighted by atomic mass is 10.1. The monoisotopic (exact) mass is 307 g/mol. The Hall–Kier alpha value is -1.99. The van der Waals surface area contributed by atoms with Gasteiger partial charge in [0, 0.05) is 35.3 Å². The van der Waals surface area contributed by atoms with E-state index in [0.717, 1.165) is 22.8 Å². The van der Waals surface area contributed by atoms with Crippen LogP contribution in [0.3, 0.4) is 0 Å². The molecule has 7 heteroatoms. The molecule has 2 rings (SSSR count). The maximum absolute atomic E-state index is 10.9. The highest BCUT2D eigenvalue weighted by molar-refractivity contribution is 7.09. The van der Waals surface area contributed by atoms with Crippen LogP contribution in [0.4, 0.5) is 5.69 Å². The molecule has 0 amide bonds. The first-order valence-electron chi connectivity index (χ1n) is 6.62. The predicted octanol–water partition coefficient (Wildman–Crippen LogP) is 3.05. The molecule has 0 radical (unpaired) electrons. The van der Waals surface area contributed by atoms with Gasteiger partial charge in [-0.1, -0.05) is 6.92 Å². The molecule has 0 atom stereocenters. The fourth-order valence-electron chi connectivity index (χ4n) is 1.83. The summed E-state index contributed by atoms with van der Waals surface area (Å²) in [7, 11) is 0. The number of non-ortho nitro benzene ring substituents is 1. The highest BCUT2D eigenvalue weighted by atomic mass is 32.1. The molecule has 0 aliphatic carbocycles. The summed E-state index contributed by atoms with van der Waals surface area (Å²) in [5, 5.41) is 16.9. The van der Waals surface area contributed by atoms with Crippen molar-refractivity contribution in [3.05, 3.63) is 50.0 Å².